The second-order valence-electron chi connectivity index (χ2n) is 3.48. The Kier molecular flexibility index (Phi) is 4.15. The number of rotatable bonds is 4. The van der Waals surface area contributed by atoms with Gasteiger partial charge in [0.1, 0.15) is 5.78 Å². The normalized spacial score (nSPS) is 10.2. The lowest BCUT2D eigenvalue weighted by Gasteiger charge is -2.03. The fraction of sp³-hybridized carbons (Fsp3) is 0.417. The zero-order chi connectivity index (χ0) is 10.6. The van der Waals surface area contributed by atoms with Crippen LogP contribution >= 0.6 is 11.6 Å². The van der Waals surface area contributed by atoms with E-state index in [0.29, 0.717) is 18.6 Å². The van der Waals surface area contributed by atoms with Crippen molar-refractivity contribution in [3.05, 3.63) is 34.3 Å². The van der Waals surface area contributed by atoms with Crippen molar-refractivity contribution in [1.29, 1.82) is 0 Å². The number of benzene rings is 1. The Bertz CT molecular complexity index is 331. The van der Waals surface area contributed by atoms with Crippen molar-refractivity contribution in [2.45, 2.75) is 33.1 Å². The van der Waals surface area contributed by atoms with Gasteiger partial charge in [0.25, 0.3) is 0 Å². The summed E-state index contributed by atoms with van der Waals surface area (Å²) in [6.45, 7) is 3.88. The number of hydrogen-bond donors (Lipinski definition) is 0. The molecule has 0 bridgehead atoms. The van der Waals surface area contributed by atoms with Gasteiger partial charge in [0, 0.05) is 17.9 Å². The van der Waals surface area contributed by atoms with Crippen molar-refractivity contribution in [3.8, 4) is 0 Å². The maximum atomic E-state index is 11.1. The summed E-state index contributed by atoms with van der Waals surface area (Å²) in [7, 11) is 0. The van der Waals surface area contributed by atoms with E-state index in [4.69, 9.17) is 11.6 Å². The molecule has 0 saturated carbocycles. The summed E-state index contributed by atoms with van der Waals surface area (Å²) in [5.74, 6) is 0.317. The SMILES string of the molecule is CCC(=O)CCc1ccc(Cl)c(C)c1. The Hall–Kier alpha value is -0.820. The lowest BCUT2D eigenvalue weighted by Crippen LogP contribution is -1.97. The molecule has 14 heavy (non-hydrogen) atoms. The van der Waals surface area contributed by atoms with Gasteiger partial charge in [-0.1, -0.05) is 30.7 Å². The number of hydrogen-bond acceptors (Lipinski definition) is 1. The highest BCUT2D eigenvalue weighted by atomic mass is 35.5. The van der Waals surface area contributed by atoms with Crippen LogP contribution < -0.4 is 0 Å². The van der Waals surface area contributed by atoms with Crippen molar-refractivity contribution < 1.29 is 4.79 Å². The van der Waals surface area contributed by atoms with Crippen LogP contribution in [0.3, 0.4) is 0 Å². The Labute approximate surface area is 90.1 Å². The summed E-state index contributed by atoms with van der Waals surface area (Å²) < 4.78 is 0. The third-order valence-electron chi connectivity index (χ3n) is 2.31. The molecule has 0 spiro atoms. The number of ketones is 1. The van der Waals surface area contributed by atoms with Crippen LogP contribution in [0.4, 0.5) is 0 Å². The van der Waals surface area contributed by atoms with Gasteiger partial charge < -0.3 is 0 Å². The first-order chi connectivity index (χ1) is 6.63. The van der Waals surface area contributed by atoms with Crippen LogP contribution in [-0.2, 0) is 11.2 Å². The van der Waals surface area contributed by atoms with Gasteiger partial charge in [-0.3, -0.25) is 4.79 Å². The van der Waals surface area contributed by atoms with E-state index in [1.54, 1.807) is 0 Å². The van der Waals surface area contributed by atoms with E-state index in [1.807, 2.05) is 32.0 Å². The van der Waals surface area contributed by atoms with Gasteiger partial charge in [-0.25, -0.2) is 0 Å². The third kappa shape index (κ3) is 3.15. The van der Waals surface area contributed by atoms with Crippen LogP contribution in [0.1, 0.15) is 30.9 Å². The minimum absolute atomic E-state index is 0.317. The summed E-state index contributed by atoms with van der Waals surface area (Å²) in [6, 6.07) is 5.92. The van der Waals surface area contributed by atoms with Gasteiger partial charge in [0.05, 0.1) is 0 Å². The predicted molar refractivity (Wildman–Crippen MR) is 59.8 cm³/mol. The number of carbonyl (C=O) groups excluding carboxylic acids is 1. The first kappa shape index (κ1) is 11.3. The number of halogens is 1. The minimum Gasteiger partial charge on any atom is -0.300 e. The molecule has 0 N–H and O–H groups in total. The highest BCUT2D eigenvalue weighted by Crippen LogP contribution is 2.17. The van der Waals surface area contributed by atoms with Gasteiger partial charge in [0.2, 0.25) is 0 Å². The monoisotopic (exact) mass is 210 g/mol. The molecule has 0 amide bonds. The average Bonchev–Trinajstić information content (AvgIpc) is 2.19. The smallest absolute Gasteiger partial charge is 0.132 e. The molecule has 0 saturated heterocycles. The van der Waals surface area contributed by atoms with Crippen molar-refractivity contribution in [2.75, 3.05) is 0 Å². The summed E-state index contributed by atoms with van der Waals surface area (Å²) in [5, 5.41) is 0.788. The van der Waals surface area contributed by atoms with Crippen molar-refractivity contribution in [3.63, 3.8) is 0 Å². The van der Waals surface area contributed by atoms with E-state index >= 15 is 0 Å². The van der Waals surface area contributed by atoms with E-state index in [9.17, 15) is 4.79 Å². The van der Waals surface area contributed by atoms with E-state index in [1.165, 1.54) is 5.56 Å². The van der Waals surface area contributed by atoms with Gasteiger partial charge in [-0.05, 0) is 30.5 Å². The van der Waals surface area contributed by atoms with Crippen molar-refractivity contribution in [1.82, 2.24) is 0 Å². The minimum atomic E-state index is 0.317. The molecule has 0 aliphatic carbocycles. The Morgan fingerprint density at radius 2 is 2.14 bits per heavy atom. The van der Waals surface area contributed by atoms with Gasteiger partial charge in [0.15, 0.2) is 0 Å². The second-order valence-corrected chi connectivity index (χ2v) is 3.88. The highest BCUT2D eigenvalue weighted by Gasteiger charge is 2.01. The molecule has 1 rings (SSSR count). The molecule has 1 aromatic carbocycles. The fourth-order valence-electron chi connectivity index (χ4n) is 1.32. The lowest BCUT2D eigenvalue weighted by atomic mass is 10.0. The quantitative estimate of drug-likeness (QED) is 0.743. The Morgan fingerprint density at radius 1 is 1.43 bits per heavy atom. The molecule has 0 aromatic heterocycles. The molecule has 0 aliphatic heterocycles. The molecular weight excluding hydrogens is 196 g/mol. The predicted octanol–water partition coefficient (Wildman–Crippen LogP) is 3.56. The topological polar surface area (TPSA) is 17.1 Å². The highest BCUT2D eigenvalue weighted by molar-refractivity contribution is 6.31. The van der Waals surface area contributed by atoms with E-state index in [0.717, 1.165) is 17.0 Å². The molecule has 76 valence electrons. The second kappa shape index (κ2) is 5.16. The first-order valence-corrected chi connectivity index (χ1v) is 5.28. The maximum Gasteiger partial charge on any atom is 0.132 e. The molecule has 1 nitrogen and oxygen atoms in total. The van der Waals surface area contributed by atoms with Crippen LogP contribution in [0.5, 0.6) is 0 Å². The van der Waals surface area contributed by atoms with Crippen LogP contribution in [0.15, 0.2) is 18.2 Å². The summed E-state index contributed by atoms with van der Waals surface area (Å²) in [4.78, 5) is 11.1. The van der Waals surface area contributed by atoms with Crippen LogP contribution in [-0.4, -0.2) is 5.78 Å². The van der Waals surface area contributed by atoms with E-state index < -0.39 is 0 Å². The summed E-state index contributed by atoms with van der Waals surface area (Å²) in [5.41, 5.74) is 2.27. The molecular formula is C12H15ClO. The average molecular weight is 211 g/mol. The summed E-state index contributed by atoms with van der Waals surface area (Å²) >= 11 is 5.90. The zero-order valence-electron chi connectivity index (χ0n) is 8.64. The molecule has 0 atom stereocenters. The van der Waals surface area contributed by atoms with Crippen LogP contribution in [0.2, 0.25) is 5.02 Å². The number of Topliss-reactive ketones (excluding diaryl/α,β-unsaturated/α-hetero) is 1. The largest absolute Gasteiger partial charge is 0.300 e. The third-order valence-corrected chi connectivity index (χ3v) is 2.73. The molecule has 1 aromatic rings. The lowest BCUT2D eigenvalue weighted by molar-refractivity contribution is -0.118. The molecule has 2 heteroatoms. The summed E-state index contributed by atoms with van der Waals surface area (Å²) in [6.07, 6.45) is 2.09. The molecule has 0 heterocycles. The first-order valence-electron chi connectivity index (χ1n) is 4.90. The molecule has 0 aliphatic rings. The number of aryl methyl sites for hydroxylation is 2. The number of carbonyl (C=O) groups is 1. The van der Waals surface area contributed by atoms with Crippen LogP contribution in [0, 0.1) is 6.92 Å². The Balaban J connectivity index is 2.60. The zero-order valence-corrected chi connectivity index (χ0v) is 9.40. The van der Waals surface area contributed by atoms with E-state index in [-0.39, 0.29) is 0 Å². The molecule has 0 radical (unpaired) electrons. The van der Waals surface area contributed by atoms with E-state index in [2.05, 4.69) is 0 Å². The molecule has 0 unspecified atom stereocenters. The van der Waals surface area contributed by atoms with Gasteiger partial charge >= 0.3 is 0 Å². The maximum absolute atomic E-state index is 11.1. The Morgan fingerprint density at radius 3 is 2.71 bits per heavy atom. The van der Waals surface area contributed by atoms with Crippen molar-refractivity contribution >= 4 is 17.4 Å². The molecule has 0 fully saturated rings. The standard InChI is InChI=1S/C12H15ClO/c1-3-11(14)6-4-10-5-7-12(13)9(2)8-10/h5,7-8H,3-4,6H2,1-2H3. The van der Waals surface area contributed by atoms with Gasteiger partial charge in [-0.2, -0.15) is 0 Å². The van der Waals surface area contributed by atoms with Crippen molar-refractivity contribution in [2.24, 2.45) is 0 Å². The fourth-order valence-corrected chi connectivity index (χ4v) is 1.44. The van der Waals surface area contributed by atoms with Crippen LogP contribution in [0.25, 0.3) is 0 Å². The van der Waals surface area contributed by atoms with Gasteiger partial charge in [-0.15, -0.1) is 0 Å².